The Labute approximate surface area is 265 Å². The predicted molar refractivity (Wildman–Crippen MR) is 190 cm³/mol. The van der Waals surface area contributed by atoms with E-state index in [1.54, 1.807) is 0 Å². The zero-order valence-corrected chi connectivity index (χ0v) is 26.7. The van der Waals surface area contributed by atoms with Crippen LogP contribution in [-0.2, 0) is 0 Å². The molecule has 45 heavy (non-hydrogen) atoms. The molecule has 9 rings (SSSR count). The fraction of sp³-hybridized carbons (Fsp3) is 0.200. The molecule has 1 aromatic heterocycles. The maximum absolute atomic E-state index is 7.18. The molecular weight excluding hydrogens is 590 g/mol. The number of hydrogen-bond acceptors (Lipinski definition) is 3. The van der Waals surface area contributed by atoms with Crippen LogP contribution in [0.15, 0.2) is 142 Å². The molecule has 0 aliphatic heterocycles. The Morgan fingerprint density at radius 3 is 1.58 bits per heavy atom. The number of hydrogen-bond donors (Lipinski definition) is 0. The minimum atomic E-state index is -1.69. The molecule has 6 aromatic carbocycles. The van der Waals surface area contributed by atoms with Crippen molar-refractivity contribution in [3.05, 3.63) is 133 Å². The third-order valence-electron chi connectivity index (χ3n) is 10.1. The SMILES string of the molecule is c1ccc(P(c2ccccc2)C2C(Op3oc4ccc5ccccc5c4c4c(ccc5ccccc54)o3)CCC3CCC32)cc1. The molecule has 4 unspecified atom stereocenters. The zero-order valence-electron chi connectivity index (χ0n) is 25.0. The molecule has 0 amide bonds. The Kier molecular flexibility index (Phi) is 7.01. The Morgan fingerprint density at radius 2 is 1.04 bits per heavy atom. The van der Waals surface area contributed by atoms with Gasteiger partial charge in [-0.1, -0.05) is 121 Å². The topological polar surface area (TPSA) is 35.5 Å². The summed E-state index contributed by atoms with van der Waals surface area (Å²) in [4.78, 5) is 0. The Morgan fingerprint density at radius 1 is 0.533 bits per heavy atom. The summed E-state index contributed by atoms with van der Waals surface area (Å²) >= 11 is 0. The maximum atomic E-state index is 7.18. The van der Waals surface area contributed by atoms with E-state index in [4.69, 9.17) is 12.9 Å². The van der Waals surface area contributed by atoms with E-state index in [1.807, 2.05) is 0 Å². The van der Waals surface area contributed by atoms with Crippen molar-refractivity contribution in [3.63, 3.8) is 0 Å². The predicted octanol–water partition coefficient (Wildman–Crippen LogP) is 10.7. The van der Waals surface area contributed by atoms with E-state index in [1.165, 1.54) is 40.6 Å². The molecule has 2 aliphatic rings. The first-order valence-electron chi connectivity index (χ1n) is 16.1. The fourth-order valence-electron chi connectivity index (χ4n) is 7.87. The van der Waals surface area contributed by atoms with Crippen molar-refractivity contribution in [1.82, 2.24) is 0 Å². The molecule has 0 spiro atoms. The lowest BCUT2D eigenvalue weighted by Crippen LogP contribution is -2.50. The van der Waals surface area contributed by atoms with Crippen molar-refractivity contribution >= 4 is 70.3 Å². The van der Waals surface area contributed by atoms with Crippen LogP contribution in [-0.4, -0.2) is 11.8 Å². The van der Waals surface area contributed by atoms with Crippen LogP contribution in [0.4, 0.5) is 0 Å². The molecule has 7 aromatic rings. The van der Waals surface area contributed by atoms with E-state index in [-0.39, 0.29) is 6.10 Å². The van der Waals surface area contributed by atoms with E-state index in [9.17, 15) is 0 Å². The molecule has 0 bridgehead atoms. The first kappa shape index (κ1) is 27.4. The molecule has 2 aliphatic carbocycles. The summed E-state index contributed by atoms with van der Waals surface area (Å²) in [6.07, 6.45) is 4.91. The minimum absolute atomic E-state index is 0.0510. The smallest absolute Gasteiger partial charge is 0.387 e. The number of benzene rings is 6. The maximum Gasteiger partial charge on any atom is 0.387 e. The van der Waals surface area contributed by atoms with Gasteiger partial charge in [0.25, 0.3) is 0 Å². The summed E-state index contributed by atoms with van der Waals surface area (Å²) in [5.74, 6) is 1.44. The lowest BCUT2D eigenvalue weighted by molar-refractivity contribution is 0.0551. The zero-order chi connectivity index (χ0) is 29.7. The lowest BCUT2D eigenvalue weighted by Gasteiger charge is -2.51. The van der Waals surface area contributed by atoms with Crippen molar-refractivity contribution in [3.8, 4) is 0 Å². The largest absolute Gasteiger partial charge is 0.399 e. The van der Waals surface area contributed by atoms with Crippen molar-refractivity contribution < 1.29 is 12.9 Å². The van der Waals surface area contributed by atoms with Gasteiger partial charge in [-0.2, -0.15) is 0 Å². The van der Waals surface area contributed by atoms with Gasteiger partial charge in [0.15, 0.2) is 0 Å². The molecule has 2 saturated carbocycles. The summed E-state index contributed by atoms with van der Waals surface area (Å²) in [5.41, 5.74) is 2.07. The minimum Gasteiger partial charge on any atom is -0.399 e. The van der Waals surface area contributed by atoms with Crippen molar-refractivity contribution in [1.29, 1.82) is 0 Å². The van der Waals surface area contributed by atoms with Gasteiger partial charge in [0, 0.05) is 16.4 Å². The number of fused-ring (bicyclic) bond motifs is 8. The van der Waals surface area contributed by atoms with Crippen LogP contribution in [0.25, 0.3) is 43.5 Å². The lowest BCUT2D eigenvalue weighted by atomic mass is 9.64. The van der Waals surface area contributed by atoms with E-state index < -0.39 is 16.2 Å². The second kappa shape index (κ2) is 11.5. The molecule has 4 atom stereocenters. The van der Waals surface area contributed by atoms with Gasteiger partial charge in [-0.15, -0.1) is 0 Å². The highest BCUT2D eigenvalue weighted by Crippen LogP contribution is 2.58. The van der Waals surface area contributed by atoms with Crippen LogP contribution in [0.2, 0.25) is 0 Å². The molecule has 222 valence electrons. The average Bonchev–Trinajstić information content (AvgIpc) is 3.24. The third kappa shape index (κ3) is 4.81. The fourth-order valence-corrected chi connectivity index (χ4v) is 12.5. The first-order chi connectivity index (χ1) is 22.3. The highest BCUT2D eigenvalue weighted by molar-refractivity contribution is 7.73. The highest BCUT2D eigenvalue weighted by Gasteiger charge is 2.49. The van der Waals surface area contributed by atoms with Gasteiger partial charge in [-0.3, -0.25) is 4.52 Å². The number of rotatable bonds is 5. The third-order valence-corrected chi connectivity index (χ3v) is 14.2. The van der Waals surface area contributed by atoms with Gasteiger partial charge in [-0.05, 0) is 89.7 Å². The van der Waals surface area contributed by atoms with Crippen LogP contribution in [0, 0.1) is 11.8 Å². The van der Waals surface area contributed by atoms with E-state index in [0.29, 0.717) is 11.6 Å². The van der Waals surface area contributed by atoms with Gasteiger partial charge in [0.1, 0.15) is 11.2 Å². The standard InChI is InChI=1S/C40H34O3P2/c1-3-13-30(14-4-1)44(31-15-5-2-6-16-31)40-34-23-19-29(34)22-26-37(40)43-45-41-35-24-20-27-11-7-9-17-32(27)38(35)39-33-18-10-8-12-28(33)21-25-36(39)42-45/h1-18,20-21,24-25,29,34,37,40H,19,22-23,26H2. The van der Waals surface area contributed by atoms with Crippen molar-refractivity contribution in [2.45, 2.75) is 37.4 Å². The molecule has 3 nitrogen and oxygen atoms in total. The Balaban J connectivity index is 1.24. The second-order valence-electron chi connectivity index (χ2n) is 12.5. The summed E-state index contributed by atoms with van der Waals surface area (Å²) in [7, 11) is -2.33. The monoisotopic (exact) mass is 624 g/mol. The van der Waals surface area contributed by atoms with Gasteiger partial charge in [0.05, 0.1) is 6.10 Å². The van der Waals surface area contributed by atoms with E-state index in [2.05, 4.69) is 133 Å². The van der Waals surface area contributed by atoms with Crippen molar-refractivity contribution in [2.24, 2.45) is 11.8 Å². The van der Waals surface area contributed by atoms with Crippen molar-refractivity contribution in [2.75, 3.05) is 0 Å². The molecule has 2 fully saturated rings. The molecule has 5 heteroatoms. The van der Waals surface area contributed by atoms with E-state index >= 15 is 0 Å². The molecule has 0 N–H and O–H groups in total. The average molecular weight is 625 g/mol. The summed E-state index contributed by atoms with van der Waals surface area (Å²) in [6, 6.07) is 48.0. The molecule has 0 saturated heterocycles. The van der Waals surface area contributed by atoms with E-state index in [0.717, 1.165) is 45.0 Å². The van der Waals surface area contributed by atoms with Gasteiger partial charge >= 0.3 is 8.24 Å². The van der Waals surface area contributed by atoms with Crippen LogP contribution in [0.3, 0.4) is 0 Å². The molecule has 0 radical (unpaired) electrons. The van der Waals surface area contributed by atoms with Crippen LogP contribution in [0.5, 0.6) is 0 Å². The first-order valence-corrected chi connectivity index (χ1v) is 18.6. The molecular formula is C40H34O3P2. The normalized spacial score (nSPS) is 21.3. The highest BCUT2D eigenvalue weighted by atomic mass is 31.1. The van der Waals surface area contributed by atoms with Crippen LogP contribution < -0.4 is 15.1 Å². The van der Waals surface area contributed by atoms with Gasteiger partial charge in [-0.25, -0.2) is 0 Å². The summed E-state index contributed by atoms with van der Waals surface area (Å²) in [6.45, 7) is 0. The van der Waals surface area contributed by atoms with Gasteiger partial charge in [0.2, 0.25) is 0 Å². The quantitative estimate of drug-likeness (QED) is 0.179. The Bertz CT molecular complexity index is 2060. The van der Waals surface area contributed by atoms with Crippen LogP contribution >= 0.6 is 16.2 Å². The Hall–Kier alpha value is -3.87. The molecule has 1 heterocycles. The summed E-state index contributed by atoms with van der Waals surface area (Å²) in [5, 5.41) is 9.72. The second-order valence-corrected chi connectivity index (χ2v) is 15.9. The van der Waals surface area contributed by atoms with Crippen LogP contribution in [0.1, 0.15) is 25.7 Å². The van der Waals surface area contributed by atoms with Gasteiger partial charge < -0.3 is 8.39 Å². The summed E-state index contributed by atoms with van der Waals surface area (Å²) < 4.78 is 20.9.